The molecule has 2 heterocycles. The second-order valence-corrected chi connectivity index (χ2v) is 6.26. The molecule has 5 heteroatoms. The lowest BCUT2D eigenvalue weighted by Crippen LogP contribution is -2.45. The van der Waals surface area contributed by atoms with Gasteiger partial charge >= 0.3 is 0 Å². The molecule has 1 aliphatic rings. The molecule has 1 saturated heterocycles. The van der Waals surface area contributed by atoms with Crippen LogP contribution < -0.4 is 0 Å². The smallest absolute Gasteiger partial charge is 0.144 e. The zero-order valence-corrected chi connectivity index (χ0v) is 13.4. The number of aromatic nitrogens is 2. The summed E-state index contributed by atoms with van der Waals surface area (Å²) in [7, 11) is 0. The molecule has 0 spiro atoms. The van der Waals surface area contributed by atoms with E-state index in [2.05, 4.69) is 41.7 Å². The lowest BCUT2D eigenvalue weighted by molar-refractivity contribution is -0.0710. The molecule has 1 aliphatic heterocycles. The highest BCUT2D eigenvalue weighted by Crippen LogP contribution is 2.22. The standard InChI is InChI=1S/C16H20ClN3O/c1-10-4-5-13-14(6-10)18-15(19-16(13)17)9-20-7-11(2)21-12(3)8-20/h4-6,11-12H,7-9H2,1-3H3/t11-,12?/m1/s1. The summed E-state index contributed by atoms with van der Waals surface area (Å²) < 4.78 is 5.76. The van der Waals surface area contributed by atoms with Gasteiger partial charge in [-0.25, -0.2) is 9.97 Å². The largest absolute Gasteiger partial charge is 0.373 e. The van der Waals surface area contributed by atoms with Crippen molar-refractivity contribution in [2.45, 2.75) is 39.5 Å². The molecule has 21 heavy (non-hydrogen) atoms. The van der Waals surface area contributed by atoms with Crippen LogP contribution in [0.2, 0.25) is 5.15 Å². The van der Waals surface area contributed by atoms with Crippen LogP contribution in [0.15, 0.2) is 18.2 Å². The topological polar surface area (TPSA) is 38.2 Å². The maximum absolute atomic E-state index is 6.30. The van der Waals surface area contributed by atoms with Gasteiger partial charge in [-0.15, -0.1) is 0 Å². The minimum absolute atomic E-state index is 0.243. The van der Waals surface area contributed by atoms with E-state index >= 15 is 0 Å². The van der Waals surface area contributed by atoms with Gasteiger partial charge in [-0.1, -0.05) is 17.7 Å². The number of hydrogen-bond acceptors (Lipinski definition) is 4. The van der Waals surface area contributed by atoms with Gasteiger partial charge in [0.1, 0.15) is 11.0 Å². The van der Waals surface area contributed by atoms with Gasteiger partial charge in [0.05, 0.1) is 24.3 Å². The summed E-state index contributed by atoms with van der Waals surface area (Å²) in [6, 6.07) is 6.06. The van der Waals surface area contributed by atoms with Gasteiger partial charge in [-0.2, -0.15) is 0 Å². The summed E-state index contributed by atoms with van der Waals surface area (Å²) in [6.07, 6.45) is 0.485. The van der Waals surface area contributed by atoms with Crippen molar-refractivity contribution >= 4 is 22.5 Å². The van der Waals surface area contributed by atoms with Crippen molar-refractivity contribution in [3.05, 3.63) is 34.7 Å². The molecule has 0 amide bonds. The molecule has 0 saturated carbocycles. The minimum atomic E-state index is 0.243. The van der Waals surface area contributed by atoms with Crippen LogP contribution in [0.25, 0.3) is 10.9 Å². The van der Waals surface area contributed by atoms with E-state index in [-0.39, 0.29) is 12.2 Å². The molecule has 1 unspecified atom stereocenters. The second kappa shape index (κ2) is 5.87. The monoisotopic (exact) mass is 305 g/mol. The van der Waals surface area contributed by atoms with Crippen LogP contribution >= 0.6 is 11.6 Å². The Bertz CT molecular complexity index is 651. The number of benzene rings is 1. The normalized spacial score (nSPS) is 23.6. The SMILES string of the molecule is Cc1ccc2c(Cl)nc(CN3CC(C)O[C@H](C)C3)nc2c1. The highest BCUT2D eigenvalue weighted by molar-refractivity contribution is 6.34. The first-order chi connectivity index (χ1) is 10.0. The van der Waals surface area contributed by atoms with E-state index in [1.165, 1.54) is 5.56 Å². The molecule has 0 N–H and O–H groups in total. The number of aryl methyl sites for hydroxylation is 1. The Labute approximate surface area is 130 Å². The van der Waals surface area contributed by atoms with Crippen LogP contribution in [0.5, 0.6) is 0 Å². The maximum atomic E-state index is 6.30. The molecule has 0 aliphatic carbocycles. The zero-order valence-electron chi connectivity index (χ0n) is 12.6. The van der Waals surface area contributed by atoms with E-state index in [1.54, 1.807) is 0 Å². The van der Waals surface area contributed by atoms with Gasteiger partial charge in [0.25, 0.3) is 0 Å². The number of fused-ring (bicyclic) bond motifs is 1. The van der Waals surface area contributed by atoms with Crippen molar-refractivity contribution in [2.24, 2.45) is 0 Å². The van der Waals surface area contributed by atoms with Gasteiger partial charge in [0.15, 0.2) is 0 Å². The van der Waals surface area contributed by atoms with Crippen molar-refractivity contribution in [1.29, 1.82) is 0 Å². The number of halogens is 1. The van der Waals surface area contributed by atoms with Crippen molar-refractivity contribution < 1.29 is 4.74 Å². The Morgan fingerprint density at radius 3 is 2.67 bits per heavy atom. The zero-order chi connectivity index (χ0) is 15.0. The summed E-state index contributed by atoms with van der Waals surface area (Å²) in [5.41, 5.74) is 2.09. The highest BCUT2D eigenvalue weighted by Gasteiger charge is 2.23. The number of nitrogens with zero attached hydrogens (tertiary/aromatic N) is 3. The lowest BCUT2D eigenvalue weighted by atomic mass is 10.2. The number of morpholine rings is 1. The quantitative estimate of drug-likeness (QED) is 0.799. The summed E-state index contributed by atoms with van der Waals surface area (Å²) >= 11 is 6.30. The molecule has 112 valence electrons. The first-order valence-electron chi connectivity index (χ1n) is 7.32. The van der Waals surface area contributed by atoms with Gasteiger partial charge < -0.3 is 4.74 Å². The first-order valence-corrected chi connectivity index (χ1v) is 7.69. The molecule has 4 nitrogen and oxygen atoms in total. The Balaban J connectivity index is 1.87. The van der Waals surface area contributed by atoms with Crippen molar-refractivity contribution in [1.82, 2.24) is 14.9 Å². The predicted octanol–water partition coefficient (Wildman–Crippen LogP) is 3.20. The maximum Gasteiger partial charge on any atom is 0.144 e. The average Bonchev–Trinajstić information content (AvgIpc) is 2.36. The summed E-state index contributed by atoms with van der Waals surface area (Å²) in [6.45, 7) is 8.76. The van der Waals surface area contributed by atoms with E-state index < -0.39 is 0 Å². The third kappa shape index (κ3) is 3.34. The van der Waals surface area contributed by atoms with Crippen LogP contribution in [0, 0.1) is 6.92 Å². The fourth-order valence-electron chi connectivity index (χ4n) is 2.93. The molecule has 2 atom stereocenters. The third-order valence-corrected chi connectivity index (χ3v) is 4.00. The van der Waals surface area contributed by atoms with Crippen molar-refractivity contribution in [3.63, 3.8) is 0 Å². The van der Waals surface area contributed by atoms with Gasteiger partial charge in [0.2, 0.25) is 0 Å². The van der Waals surface area contributed by atoms with Crippen LogP contribution in [-0.4, -0.2) is 40.2 Å². The second-order valence-electron chi connectivity index (χ2n) is 5.90. The van der Waals surface area contributed by atoms with E-state index in [9.17, 15) is 0 Å². The van der Waals surface area contributed by atoms with Crippen molar-refractivity contribution in [3.8, 4) is 0 Å². The van der Waals surface area contributed by atoms with Gasteiger partial charge in [-0.05, 0) is 38.5 Å². The molecule has 0 bridgehead atoms. The molecule has 3 rings (SSSR count). The highest BCUT2D eigenvalue weighted by atomic mass is 35.5. The van der Waals surface area contributed by atoms with Crippen LogP contribution in [0.3, 0.4) is 0 Å². The fraction of sp³-hybridized carbons (Fsp3) is 0.500. The Hall–Kier alpha value is -1.23. The molecule has 1 aromatic carbocycles. The fourth-order valence-corrected chi connectivity index (χ4v) is 3.19. The Kier molecular flexibility index (Phi) is 4.11. The van der Waals surface area contributed by atoms with E-state index in [1.807, 2.05) is 12.1 Å². The first kappa shape index (κ1) is 14.7. The van der Waals surface area contributed by atoms with E-state index in [0.29, 0.717) is 11.7 Å². The summed E-state index contributed by atoms with van der Waals surface area (Å²) in [5.74, 6) is 0.777. The summed E-state index contributed by atoms with van der Waals surface area (Å²) in [4.78, 5) is 11.4. The molecular formula is C16H20ClN3O. The van der Waals surface area contributed by atoms with Crippen molar-refractivity contribution in [2.75, 3.05) is 13.1 Å². The molecule has 1 fully saturated rings. The molecule has 1 aromatic heterocycles. The Morgan fingerprint density at radius 1 is 1.24 bits per heavy atom. The van der Waals surface area contributed by atoms with Gasteiger partial charge in [0, 0.05) is 18.5 Å². The molecule has 0 radical (unpaired) electrons. The third-order valence-electron chi connectivity index (χ3n) is 3.71. The van der Waals surface area contributed by atoms with Crippen LogP contribution in [-0.2, 0) is 11.3 Å². The number of hydrogen-bond donors (Lipinski definition) is 0. The molecule has 2 aromatic rings. The van der Waals surface area contributed by atoms with Crippen LogP contribution in [0.1, 0.15) is 25.2 Å². The number of rotatable bonds is 2. The molecular weight excluding hydrogens is 286 g/mol. The predicted molar refractivity (Wildman–Crippen MR) is 84.6 cm³/mol. The average molecular weight is 306 g/mol. The minimum Gasteiger partial charge on any atom is -0.373 e. The van der Waals surface area contributed by atoms with Crippen LogP contribution in [0.4, 0.5) is 0 Å². The summed E-state index contributed by atoms with van der Waals surface area (Å²) in [5, 5.41) is 1.44. The van der Waals surface area contributed by atoms with Gasteiger partial charge in [-0.3, -0.25) is 4.90 Å². The van der Waals surface area contributed by atoms with E-state index in [4.69, 9.17) is 16.3 Å². The lowest BCUT2D eigenvalue weighted by Gasteiger charge is -2.34. The number of ether oxygens (including phenoxy) is 1. The Morgan fingerprint density at radius 2 is 1.95 bits per heavy atom. The van der Waals surface area contributed by atoms with E-state index in [0.717, 1.165) is 29.8 Å².